The Balaban J connectivity index is 1.77. The van der Waals surface area contributed by atoms with E-state index in [0.29, 0.717) is 11.3 Å². The molecule has 1 aliphatic rings. The standard InChI is InChI=1S/C19H22N2O5/c1-2-4-12-7-9-13(10-8-12)18(22)20-15-11-14-5-3-6-16(21(24)25)17(14)26-19(15)23/h3,5-6,11-13H,2,4,7-10H2,1H3,(H,20,22). The van der Waals surface area contributed by atoms with Crippen molar-refractivity contribution in [3.63, 3.8) is 0 Å². The van der Waals surface area contributed by atoms with Crippen LogP contribution in [0.4, 0.5) is 11.4 Å². The summed E-state index contributed by atoms with van der Waals surface area (Å²) >= 11 is 0. The van der Waals surface area contributed by atoms with E-state index in [4.69, 9.17) is 4.42 Å². The number of rotatable bonds is 5. The van der Waals surface area contributed by atoms with Crippen molar-refractivity contribution in [3.8, 4) is 0 Å². The molecule has 0 spiro atoms. The molecule has 0 bridgehead atoms. The summed E-state index contributed by atoms with van der Waals surface area (Å²) in [5.74, 6) is 0.399. The maximum atomic E-state index is 12.5. The summed E-state index contributed by atoms with van der Waals surface area (Å²) in [6, 6.07) is 5.84. The maximum absolute atomic E-state index is 12.5. The molecular formula is C19H22N2O5. The molecule has 1 aliphatic carbocycles. The monoisotopic (exact) mass is 358 g/mol. The molecule has 3 rings (SSSR count). The minimum atomic E-state index is -0.778. The number of nitro groups is 1. The summed E-state index contributed by atoms with van der Waals surface area (Å²) in [6.07, 6.45) is 6.06. The van der Waals surface area contributed by atoms with Gasteiger partial charge in [-0.3, -0.25) is 14.9 Å². The Hall–Kier alpha value is -2.70. The molecule has 1 aromatic heterocycles. The number of non-ortho nitro benzene ring substituents is 1. The quantitative estimate of drug-likeness (QED) is 0.489. The highest BCUT2D eigenvalue weighted by Crippen LogP contribution is 2.32. The molecule has 26 heavy (non-hydrogen) atoms. The van der Waals surface area contributed by atoms with Crippen molar-refractivity contribution in [2.75, 3.05) is 5.32 Å². The van der Waals surface area contributed by atoms with E-state index in [0.717, 1.165) is 32.1 Å². The highest BCUT2D eigenvalue weighted by Gasteiger charge is 2.27. The zero-order valence-corrected chi connectivity index (χ0v) is 14.7. The lowest BCUT2D eigenvalue weighted by atomic mass is 9.80. The Kier molecular flexibility index (Phi) is 5.35. The van der Waals surface area contributed by atoms with Crippen LogP contribution < -0.4 is 10.9 Å². The fourth-order valence-corrected chi connectivity index (χ4v) is 3.72. The normalized spacial score (nSPS) is 20.0. The molecule has 0 radical (unpaired) electrons. The number of carbonyl (C=O) groups is 1. The van der Waals surface area contributed by atoms with Crippen LogP contribution in [0.1, 0.15) is 45.4 Å². The van der Waals surface area contributed by atoms with Gasteiger partial charge < -0.3 is 9.73 Å². The molecule has 1 amide bonds. The summed E-state index contributed by atoms with van der Waals surface area (Å²) in [7, 11) is 0. The SMILES string of the molecule is CCCC1CCC(C(=O)Nc2cc3cccc([N+](=O)[O-])c3oc2=O)CC1. The number of carbonyl (C=O) groups excluding carboxylic acids is 1. The second kappa shape index (κ2) is 7.68. The predicted octanol–water partition coefficient (Wildman–Crippen LogP) is 4.25. The minimum absolute atomic E-state index is 0.0266. The number of benzene rings is 1. The third-order valence-electron chi connectivity index (χ3n) is 5.11. The first-order valence-electron chi connectivity index (χ1n) is 9.01. The van der Waals surface area contributed by atoms with Gasteiger partial charge in [0, 0.05) is 17.4 Å². The van der Waals surface area contributed by atoms with Crippen LogP contribution in [-0.2, 0) is 4.79 Å². The lowest BCUT2D eigenvalue weighted by molar-refractivity contribution is -0.383. The van der Waals surface area contributed by atoms with Crippen LogP contribution in [0.2, 0.25) is 0 Å². The summed E-state index contributed by atoms with van der Waals surface area (Å²) in [6.45, 7) is 2.17. The Labute approximate surface area is 150 Å². The van der Waals surface area contributed by atoms with Crippen LogP contribution in [0.25, 0.3) is 11.0 Å². The number of nitro benzene ring substituents is 1. The summed E-state index contributed by atoms with van der Waals surface area (Å²) in [4.78, 5) is 35.1. The van der Waals surface area contributed by atoms with E-state index < -0.39 is 10.5 Å². The van der Waals surface area contributed by atoms with Gasteiger partial charge in [0.25, 0.3) is 0 Å². The van der Waals surface area contributed by atoms with Crippen molar-refractivity contribution >= 4 is 28.3 Å². The molecule has 7 nitrogen and oxygen atoms in total. The van der Waals surface area contributed by atoms with Crippen LogP contribution in [0.15, 0.2) is 33.5 Å². The number of hydrogen-bond donors (Lipinski definition) is 1. The van der Waals surface area contributed by atoms with Crippen LogP contribution in [0, 0.1) is 22.0 Å². The van der Waals surface area contributed by atoms with E-state index in [2.05, 4.69) is 12.2 Å². The van der Waals surface area contributed by atoms with Gasteiger partial charge >= 0.3 is 11.3 Å². The Morgan fingerprint density at radius 2 is 2.04 bits per heavy atom. The second-order valence-electron chi connectivity index (χ2n) is 6.90. The molecule has 2 aromatic rings. The molecule has 7 heteroatoms. The van der Waals surface area contributed by atoms with Gasteiger partial charge in [-0.1, -0.05) is 31.9 Å². The molecule has 1 N–H and O–H groups in total. The molecule has 1 aromatic carbocycles. The molecule has 0 atom stereocenters. The van der Waals surface area contributed by atoms with Gasteiger partial charge in [-0.2, -0.15) is 0 Å². The number of amides is 1. The average Bonchev–Trinajstić information content (AvgIpc) is 2.62. The van der Waals surface area contributed by atoms with E-state index in [1.54, 1.807) is 6.07 Å². The van der Waals surface area contributed by atoms with Crippen molar-refractivity contribution < 1.29 is 14.1 Å². The number of nitrogens with one attached hydrogen (secondary N) is 1. The summed E-state index contributed by atoms with van der Waals surface area (Å²) in [5.41, 5.74) is -1.11. The highest BCUT2D eigenvalue weighted by molar-refractivity contribution is 5.95. The third-order valence-corrected chi connectivity index (χ3v) is 5.11. The lowest BCUT2D eigenvalue weighted by Crippen LogP contribution is -2.29. The molecule has 1 heterocycles. The fourth-order valence-electron chi connectivity index (χ4n) is 3.72. The molecule has 1 fully saturated rings. The third kappa shape index (κ3) is 3.76. The molecule has 0 unspecified atom stereocenters. The second-order valence-corrected chi connectivity index (χ2v) is 6.90. The van der Waals surface area contributed by atoms with Gasteiger partial charge in [0.05, 0.1) is 4.92 Å². The summed E-state index contributed by atoms with van der Waals surface area (Å²) < 4.78 is 5.11. The Bertz CT molecular complexity index is 881. The van der Waals surface area contributed by atoms with E-state index >= 15 is 0 Å². The van der Waals surface area contributed by atoms with Crippen LogP contribution in [-0.4, -0.2) is 10.8 Å². The topological polar surface area (TPSA) is 102 Å². The van der Waals surface area contributed by atoms with Crippen molar-refractivity contribution in [2.45, 2.75) is 45.4 Å². The Morgan fingerprint density at radius 3 is 2.69 bits per heavy atom. The van der Waals surface area contributed by atoms with E-state index in [1.165, 1.54) is 24.6 Å². The predicted molar refractivity (Wildman–Crippen MR) is 98.1 cm³/mol. The number of nitrogens with zero attached hydrogens (tertiary/aromatic N) is 1. The maximum Gasteiger partial charge on any atom is 0.360 e. The number of para-hydroxylation sites is 1. The lowest BCUT2D eigenvalue weighted by Gasteiger charge is -2.27. The van der Waals surface area contributed by atoms with Crippen LogP contribution in [0.3, 0.4) is 0 Å². The summed E-state index contributed by atoms with van der Waals surface area (Å²) in [5, 5.41) is 14.1. The number of anilines is 1. The van der Waals surface area contributed by atoms with Gasteiger partial charge in [-0.05, 0) is 37.7 Å². The molecule has 0 saturated heterocycles. The zero-order valence-electron chi connectivity index (χ0n) is 14.7. The molecular weight excluding hydrogens is 336 g/mol. The van der Waals surface area contributed by atoms with Crippen molar-refractivity contribution in [1.82, 2.24) is 0 Å². The van der Waals surface area contributed by atoms with Crippen molar-refractivity contribution in [2.24, 2.45) is 11.8 Å². The fraction of sp³-hybridized carbons (Fsp3) is 0.474. The smallest absolute Gasteiger partial charge is 0.360 e. The van der Waals surface area contributed by atoms with Crippen LogP contribution >= 0.6 is 0 Å². The molecule has 0 aliphatic heterocycles. The minimum Gasteiger partial charge on any atom is -0.414 e. The van der Waals surface area contributed by atoms with Gasteiger partial charge in [0.15, 0.2) is 0 Å². The van der Waals surface area contributed by atoms with E-state index in [1.807, 2.05) is 0 Å². The largest absolute Gasteiger partial charge is 0.414 e. The van der Waals surface area contributed by atoms with Gasteiger partial charge in [-0.15, -0.1) is 0 Å². The first-order chi connectivity index (χ1) is 12.5. The average molecular weight is 358 g/mol. The zero-order chi connectivity index (χ0) is 18.7. The van der Waals surface area contributed by atoms with Gasteiger partial charge in [-0.25, -0.2) is 4.79 Å². The first kappa shape index (κ1) is 18.1. The molecule has 1 saturated carbocycles. The van der Waals surface area contributed by atoms with Gasteiger partial charge in [0.2, 0.25) is 11.5 Å². The number of hydrogen-bond acceptors (Lipinski definition) is 5. The van der Waals surface area contributed by atoms with E-state index in [9.17, 15) is 19.7 Å². The van der Waals surface area contributed by atoms with Crippen molar-refractivity contribution in [3.05, 3.63) is 44.8 Å². The van der Waals surface area contributed by atoms with Crippen LogP contribution in [0.5, 0.6) is 0 Å². The molecule has 138 valence electrons. The van der Waals surface area contributed by atoms with Crippen molar-refractivity contribution in [1.29, 1.82) is 0 Å². The number of fused-ring (bicyclic) bond motifs is 1. The first-order valence-corrected chi connectivity index (χ1v) is 9.01. The van der Waals surface area contributed by atoms with E-state index in [-0.39, 0.29) is 28.8 Å². The Morgan fingerprint density at radius 1 is 1.31 bits per heavy atom. The van der Waals surface area contributed by atoms with Gasteiger partial charge in [0.1, 0.15) is 5.69 Å². The highest BCUT2D eigenvalue weighted by atomic mass is 16.6.